The van der Waals surface area contributed by atoms with Crippen LogP contribution in [0.4, 0.5) is 10.2 Å². The third-order valence-electron chi connectivity index (χ3n) is 6.32. The van der Waals surface area contributed by atoms with Crippen LogP contribution in [0.2, 0.25) is 0 Å². The molecular weight excluding hydrogens is 407 g/mol. The smallest absolute Gasteiger partial charge is 0.228 e. The summed E-state index contributed by atoms with van der Waals surface area (Å²) in [5.74, 6) is 2.14. The van der Waals surface area contributed by atoms with Gasteiger partial charge in [-0.1, -0.05) is 32.0 Å². The molecule has 2 saturated heterocycles. The maximum atomic E-state index is 14.4. The zero-order chi connectivity index (χ0) is 22.7. The minimum absolute atomic E-state index is 0.00268. The minimum Gasteiger partial charge on any atom is -0.381 e. The minimum atomic E-state index is -0.210. The number of carbonyl (C=O) groups is 1. The van der Waals surface area contributed by atoms with Crippen LogP contribution in [-0.4, -0.2) is 60.2 Å². The largest absolute Gasteiger partial charge is 0.381 e. The standard InChI is InChI=1S/C25H33FN4O2/c1-17(2)14-23-27-18(3)21(15-19-6-4-5-7-22(19)26)24(28-23)29-9-11-30(12-10-29)25(31)20-8-13-32-16-20/h4-7,17,20H,8-16H2,1-3H3. The number of nitrogens with zero attached hydrogens (tertiary/aromatic N) is 4. The highest BCUT2D eigenvalue weighted by molar-refractivity contribution is 5.79. The van der Waals surface area contributed by atoms with Crippen LogP contribution < -0.4 is 4.90 Å². The quantitative estimate of drug-likeness (QED) is 0.689. The van der Waals surface area contributed by atoms with Gasteiger partial charge in [-0.25, -0.2) is 14.4 Å². The number of halogens is 1. The zero-order valence-electron chi connectivity index (χ0n) is 19.3. The molecule has 1 aromatic carbocycles. The normalized spacial score (nSPS) is 19.1. The van der Waals surface area contributed by atoms with Gasteiger partial charge in [0.05, 0.1) is 12.5 Å². The highest BCUT2D eigenvalue weighted by atomic mass is 19.1. The lowest BCUT2D eigenvalue weighted by Crippen LogP contribution is -2.51. The first-order valence-corrected chi connectivity index (χ1v) is 11.6. The zero-order valence-corrected chi connectivity index (χ0v) is 19.3. The molecule has 6 nitrogen and oxygen atoms in total. The molecule has 0 saturated carbocycles. The Morgan fingerprint density at radius 2 is 1.94 bits per heavy atom. The van der Waals surface area contributed by atoms with Gasteiger partial charge in [0.2, 0.25) is 5.91 Å². The fourth-order valence-electron chi connectivity index (χ4n) is 4.52. The molecule has 0 radical (unpaired) electrons. The van der Waals surface area contributed by atoms with E-state index in [9.17, 15) is 9.18 Å². The van der Waals surface area contributed by atoms with Crippen molar-refractivity contribution in [1.29, 1.82) is 0 Å². The maximum absolute atomic E-state index is 14.4. The van der Waals surface area contributed by atoms with Gasteiger partial charge in [-0.2, -0.15) is 0 Å². The van der Waals surface area contributed by atoms with Gasteiger partial charge in [-0.3, -0.25) is 4.79 Å². The molecule has 172 valence electrons. The average Bonchev–Trinajstić information content (AvgIpc) is 3.31. The maximum Gasteiger partial charge on any atom is 0.228 e. The van der Waals surface area contributed by atoms with E-state index in [1.54, 1.807) is 6.07 Å². The van der Waals surface area contributed by atoms with E-state index in [0.29, 0.717) is 57.3 Å². The third kappa shape index (κ3) is 5.09. The van der Waals surface area contributed by atoms with Crippen LogP contribution in [-0.2, 0) is 22.4 Å². The molecule has 0 bridgehead atoms. The lowest BCUT2D eigenvalue weighted by atomic mass is 10.0. The van der Waals surface area contributed by atoms with E-state index in [0.717, 1.165) is 35.7 Å². The van der Waals surface area contributed by atoms with Crippen molar-refractivity contribution in [3.05, 3.63) is 52.7 Å². The number of aryl methyl sites for hydroxylation is 1. The first-order chi connectivity index (χ1) is 15.4. The highest BCUT2D eigenvalue weighted by Crippen LogP contribution is 2.27. The van der Waals surface area contributed by atoms with Crippen molar-refractivity contribution in [2.75, 3.05) is 44.3 Å². The van der Waals surface area contributed by atoms with E-state index in [1.165, 1.54) is 6.07 Å². The summed E-state index contributed by atoms with van der Waals surface area (Å²) >= 11 is 0. The van der Waals surface area contributed by atoms with E-state index < -0.39 is 0 Å². The Labute approximate surface area is 189 Å². The number of ether oxygens (including phenoxy) is 1. The lowest BCUT2D eigenvalue weighted by molar-refractivity contribution is -0.135. The van der Waals surface area contributed by atoms with Gasteiger partial charge in [0.1, 0.15) is 17.5 Å². The van der Waals surface area contributed by atoms with Crippen molar-refractivity contribution in [2.45, 2.75) is 40.0 Å². The molecule has 0 N–H and O–H groups in total. The number of aromatic nitrogens is 2. The van der Waals surface area contributed by atoms with E-state index in [2.05, 4.69) is 18.7 Å². The summed E-state index contributed by atoms with van der Waals surface area (Å²) in [6, 6.07) is 6.88. The van der Waals surface area contributed by atoms with Crippen LogP contribution in [0.15, 0.2) is 24.3 Å². The number of carbonyl (C=O) groups excluding carboxylic acids is 1. The fourth-order valence-corrected chi connectivity index (χ4v) is 4.52. The molecular formula is C25H33FN4O2. The molecule has 1 aromatic heterocycles. The van der Waals surface area contributed by atoms with Crippen LogP contribution >= 0.6 is 0 Å². The molecule has 1 amide bonds. The first kappa shape index (κ1) is 22.6. The molecule has 4 rings (SSSR count). The van der Waals surface area contributed by atoms with Gasteiger partial charge >= 0.3 is 0 Å². The summed E-state index contributed by atoms with van der Waals surface area (Å²) in [6.07, 6.45) is 2.07. The first-order valence-electron chi connectivity index (χ1n) is 11.6. The van der Waals surface area contributed by atoms with Crippen molar-refractivity contribution in [3.63, 3.8) is 0 Å². The van der Waals surface area contributed by atoms with E-state index in [4.69, 9.17) is 14.7 Å². The average molecular weight is 441 g/mol. The van der Waals surface area contributed by atoms with Crippen molar-refractivity contribution < 1.29 is 13.9 Å². The van der Waals surface area contributed by atoms with Gasteiger partial charge < -0.3 is 14.5 Å². The summed E-state index contributed by atoms with van der Waals surface area (Å²) in [5.41, 5.74) is 2.51. The van der Waals surface area contributed by atoms with Gasteiger partial charge in [0.15, 0.2) is 0 Å². The van der Waals surface area contributed by atoms with Gasteiger partial charge in [0, 0.05) is 56.9 Å². The number of amides is 1. The Morgan fingerprint density at radius 1 is 1.19 bits per heavy atom. The number of rotatable bonds is 6. The molecule has 2 aliphatic heterocycles. The summed E-state index contributed by atoms with van der Waals surface area (Å²) in [5, 5.41) is 0. The molecule has 2 aromatic rings. The van der Waals surface area contributed by atoms with Crippen LogP contribution in [0.1, 0.15) is 42.9 Å². The van der Waals surface area contributed by atoms with Gasteiger partial charge in [0.25, 0.3) is 0 Å². The predicted octanol–water partition coefficient (Wildman–Crippen LogP) is 3.40. The van der Waals surface area contributed by atoms with Crippen molar-refractivity contribution in [2.24, 2.45) is 11.8 Å². The molecule has 1 atom stereocenters. The molecule has 3 heterocycles. The van der Waals surface area contributed by atoms with E-state index in [-0.39, 0.29) is 17.6 Å². The second kappa shape index (κ2) is 9.94. The molecule has 1 unspecified atom stereocenters. The van der Waals surface area contributed by atoms with Crippen molar-refractivity contribution in [3.8, 4) is 0 Å². The number of benzene rings is 1. The van der Waals surface area contributed by atoms with Crippen LogP contribution in [0, 0.1) is 24.6 Å². The summed E-state index contributed by atoms with van der Waals surface area (Å²) in [7, 11) is 0. The fraction of sp³-hybridized carbons (Fsp3) is 0.560. The van der Waals surface area contributed by atoms with Crippen LogP contribution in [0.5, 0.6) is 0 Å². The summed E-state index contributed by atoms with van der Waals surface area (Å²) < 4.78 is 19.8. The topological polar surface area (TPSA) is 58.6 Å². The molecule has 0 aliphatic carbocycles. The Bertz CT molecular complexity index is 951. The Kier molecular flexibility index (Phi) is 7.04. The Hall–Kier alpha value is -2.54. The number of hydrogen-bond donors (Lipinski definition) is 0. The molecule has 2 aliphatic rings. The number of anilines is 1. The Morgan fingerprint density at radius 3 is 2.59 bits per heavy atom. The highest BCUT2D eigenvalue weighted by Gasteiger charge is 2.31. The third-order valence-corrected chi connectivity index (χ3v) is 6.32. The van der Waals surface area contributed by atoms with Crippen molar-refractivity contribution in [1.82, 2.24) is 14.9 Å². The summed E-state index contributed by atoms with van der Waals surface area (Å²) in [6.45, 7) is 10.3. The second-order valence-electron chi connectivity index (χ2n) is 9.27. The predicted molar refractivity (Wildman–Crippen MR) is 122 cm³/mol. The monoisotopic (exact) mass is 440 g/mol. The number of hydrogen-bond acceptors (Lipinski definition) is 5. The van der Waals surface area contributed by atoms with Gasteiger partial charge in [-0.05, 0) is 30.9 Å². The van der Waals surface area contributed by atoms with Crippen LogP contribution in [0.3, 0.4) is 0 Å². The van der Waals surface area contributed by atoms with Crippen LogP contribution in [0.25, 0.3) is 0 Å². The van der Waals surface area contributed by atoms with E-state index >= 15 is 0 Å². The molecule has 0 spiro atoms. The molecule has 32 heavy (non-hydrogen) atoms. The number of piperazine rings is 1. The van der Waals surface area contributed by atoms with E-state index in [1.807, 2.05) is 24.0 Å². The summed E-state index contributed by atoms with van der Waals surface area (Å²) in [4.78, 5) is 26.7. The molecule has 2 fully saturated rings. The SMILES string of the molecule is Cc1nc(CC(C)C)nc(N2CCN(C(=O)C3CCOC3)CC2)c1Cc1ccccc1F. The lowest BCUT2D eigenvalue weighted by Gasteiger charge is -2.37. The second-order valence-corrected chi connectivity index (χ2v) is 9.27. The van der Waals surface area contributed by atoms with Crippen molar-refractivity contribution >= 4 is 11.7 Å². The Balaban J connectivity index is 1.57. The van der Waals surface area contributed by atoms with Gasteiger partial charge in [-0.15, -0.1) is 0 Å². The molecule has 7 heteroatoms.